The summed E-state index contributed by atoms with van der Waals surface area (Å²) in [6.07, 6.45) is -28.3. The van der Waals surface area contributed by atoms with Crippen molar-refractivity contribution >= 4 is 0 Å². The van der Waals surface area contributed by atoms with Crippen molar-refractivity contribution in [3.05, 3.63) is 0 Å². The minimum Gasteiger partial charge on any atom is -0.186 e. The molecule has 0 bridgehead atoms. The fraction of sp³-hybridized carbons (Fsp3) is 1.00. The maximum atomic E-state index is 12.2. The molecule has 0 amide bonds. The second kappa shape index (κ2) is 5.24. The van der Waals surface area contributed by atoms with E-state index in [0.717, 1.165) is 0 Å². The number of rotatable bonds is 5. The van der Waals surface area contributed by atoms with Crippen LogP contribution < -0.4 is 0 Å². The smallest absolute Gasteiger partial charge is 0.186 e. The molecule has 134 valence electrons. The lowest BCUT2D eigenvalue weighted by Crippen LogP contribution is -2.57. The molecule has 0 radical (unpaired) electrons. The van der Waals surface area contributed by atoms with E-state index in [9.17, 15) is 61.5 Å². The van der Waals surface area contributed by atoms with Gasteiger partial charge in [-0.2, -0.15) is 71.2 Å². The van der Waals surface area contributed by atoms with E-state index in [1.807, 2.05) is 0 Å². The van der Waals surface area contributed by atoms with Crippen molar-refractivity contribution in [2.75, 3.05) is 0 Å². The van der Waals surface area contributed by atoms with E-state index in [0.29, 0.717) is 0 Å². The van der Waals surface area contributed by atoms with Crippen LogP contribution in [0.5, 0.6) is 0 Å². The van der Waals surface area contributed by atoms with Gasteiger partial charge in [-0.05, 0) is 0 Å². The summed E-state index contributed by atoms with van der Waals surface area (Å²) < 4.78 is 166. The van der Waals surface area contributed by atoms with Crippen LogP contribution in [0.4, 0.5) is 61.5 Å². The van der Waals surface area contributed by atoms with Gasteiger partial charge in [0.05, 0.1) is 0 Å². The summed E-state index contributed by atoms with van der Waals surface area (Å²) in [4.78, 5) is 3.07. The van der Waals surface area contributed by atoms with Gasteiger partial charge in [-0.25, -0.2) is 0 Å². The third-order valence-electron chi connectivity index (χ3n) is 1.69. The van der Waals surface area contributed by atoms with Crippen molar-refractivity contribution in [1.82, 2.24) is 0 Å². The van der Waals surface area contributed by atoms with Crippen LogP contribution in [0.2, 0.25) is 0 Å². The average molecular weight is 370 g/mol. The molecular formula is C6F14O2. The Morgan fingerprint density at radius 2 is 0.545 bits per heavy atom. The predicted molar refractivity (Wildman–Crippen MR) is 34.1 cm³/mol. The predicted octanol–water partition coefficient (Wildman–Crippen LogP) is 4.52. The zero-order valence-electron chi connectivity index (χ0n) is 9.11. The summed E-state index contributed by atoms with van der Waals surface area (Å²) in [6, 6.07) is 0. The first kappa shape index (κ1) is 20.9. The van der Waals surface area contributed by atoms with E-state index < -0.39 is 36.4 Å². The Kier molecular flexibility index (Phi) is 4.99. The highest BCUT2D eigenvalue weighted by Crippen LogP contribution is 2.50. The van der Waals surface area contributed by atoms with Gasteiger partial charge in [-0.15, -0.1) is 0 Å². The zero-order valence-corrected chi connectivity index (χ0v) is 9.11. The molecule has 0 N–H and O–H groups in total. The third-order valence-corrected chi connectivity index (χ3v) is 1.69. The van der Waals surface area contributed by atoms with Crippen molar-refractivity contribution in [3.63, 3.8) is 0 Å². The van der Waals surface area contributed by atoms with Gasteiger partial charge in [0, 0.05) is 0 Å². The summed E-state index contributed by atoms with van der Waals surface area (Å²) >= 11 is 0. The molecule has 0 fully saturated rings. The SMILES string of the molecule is FC(F)(F)C(F)(F)C(F)(F)OOC(F)(F)C(F)(F)C(F)(F)F. The molecule has 0 atom stereocenters. The quantitative estimate of drug-likeness (QED) is 0.403. The van der Waals surface area contributed by atoms with Crippen LogP contribution in [0, 0.1) is 0 Å². The van der Waals surface area contributed by atoms with E-state index >= 15 is 0 Å². The molecule has 2 nitrogen and oxygen atoms in total. The topological polar surface area (TPSA) is 18.5 Å². The van der Waals surface area contributed by atoms with Crippen LogP contribution in [-0.4, -0.2) is 36.4 Å². The standard InChI is InChI=1S/C6F14O2/c7-1(8,3(11,12)13)5(17,18)21-22-6(19,20)2(9,10)4(14,15)16. The van der Waals surface area contributed by atoms with Gasteiger partial charge in [-0.1, -0.05) is 0 Å². The van der Waals surface area contributed by atoms with Gasteiger partial charge >= 0.3 is 36.4 Å². The van der Waals surface area contributed by atoms with Crippen molar-refractivity contribution in [2.45, 2.75) is 36.4 Å². The molecule has 0 unspecified atom stereocenters. The number of alkyl halides is 14. The van der Waals surface area contributed by atoms with Gasteiger partial charge in [0.2, 0.25) is 0 Å². The molecule has 0 aromatic carbocycles. The molecular weight excluding hydrogens is 370 g/mol. The van der Waals surface area contributed by atoms with Crippen LogP contribution in [0.3, 0.4) is 0 Å². The Labute approximate surface area is 109 Å². The number of halogens is 14. The third kappa shape index (κ3) is 3.47. The second-order valence-corrected chi connectivity index (χ2v) is 3.34. The molecule has 0 aliphatic carbocycles. The molecule has 0 spiro atoms. The Balaban J connectivity index is 5.31. The lowest BCUT2D eigenvalue weighted by molar-refractivity contribution is -0.590. The first-order chi connectivity index (χ1) is 9.21. The highest BCUT2D eigenvalue weighted by atomic mass is 19.4. The van der Waals surface area contributed by atoms with Gasteiger partial charge in [0.15, 0.2) is 0 Å². The Morgan fingerprint density at radius 3 is 0.682 bits per heavy atom. The van der Waals surface area contributed by atoms with E-state index in [1.165, 1.54) is 9.78 Å². The first-order valence-electron chi connectivity index (χ1n) is 4.22. The highest BCUT2D eigenvalue weighted by molar-refractivity contribution is 4.86. The summed E-state index contributed by atoms with van der Waals surface area (Å²) in [7, 11) is 0. The van der Waals surface area contributed by atoms with Crippen LogP contribution in [-0.2, 0) is 9.78 Å². The van der Waals surface area contributed by atoms with E-state index in [2.05, 4.69) is 0 Å². The van der Waals surface area contributed by atoms with Crippen LogP contribution in [0.15, 0.2) is 0 Å². The molecule has 0 rings (SSSR count). The van der Waals surface area contributed by atoms with Crippen molar-refractivity contribution < 1.29 is 71.2 Å². The minimum atomic E-state index is -7.23. The summed E-state index contributed by atoms with van der Waals surface area (Å²) in [6.45, 7) is 0. The fourth-order valence-corrected chi connectivity index (χ4v) is 0.539. The number of hydrogen-bond donors (Lipinski definition) is 0. The maximum Gasteiger partial charge on any atom is 0.462 e. The van der Waals surface area contributed by atoms with Gasteiger partial charge < -0.3 is 0 Å². The lowest BCUT2D eigenvalue weighted by Gasteiger charge is -2.30. The van der Waals surface area contributed by atoms with Gasteiger partial charge in [0.25, 0.3) is 0 Å². The maximum absolute atomic E-state index is 12.2. The Bertz CT molecular complexity index is 353. The van der Waals surface area contributed by atoms with E-state index in [4.69, 9.17) is 0 Å². The highest BCUT2D eigenvalue weighted by Gasteiger charge is 2.79. The summed E-state index contributed by atoms with van der Waals surface area (Å²) in [5, 5.41) is 0. The fourth-order valence-electron chi connectivity index (χ4n) is 0.539. The molecule has 0 aromatic rings. The van der Waals surface area contributed by atoms with Crippen molar-refractivity contribution in [1.29, 1.82) is 0 Å². The van der Waals surface area contributed by atoms with Crippen LogP contribution >= 0.6 is 0 Å². The molecule has 0 saturated carbocycles. The second-order valence-electron chi connectivity index (χ2n) is 3.34. The van der Waals surface area contributed by atoms with Crippen molar-refractivity contribution in [2.24, 2.45) is 0 Å². The Hall–Kier alpha value is -1.06. The molecule has 16 heteroatoms. The summed E-state index contributed by atoms with van der Waals surface area (Å²) in [5.41, 5.74) is 0. The molecule has 0 saturated heterocycles. The van der Waals surface area contributed by atoms with Gasteiger partial charge in [0.1, 0.15) is 0 Å². The number of hydrogen-bond acceptors (Lipinski definition) is 2. The summed E-state index contributed by atoms with van der Waals surface area (Å²) in [5.74, 6) is -14.5. The van der Waals surface area contributed by atoms with E-state index in [-0.39, 0.29) is 0 Å². The molecule has 0 aliphatic rings. The lowest BCUT2D eigenvalue weighted by atomic mass is 10.3. The van der Waals surface area contributed by atoms with Gasteiger partial charge in [-0.3, -0.25) is 0 Å². The minimum absolute atomic E-state index is 1.53. The first-order valence-corrected chi connectivity index (χ1v) is 4.22. The van der Waals surface area contributed by atoms with E-state index in [1.54, 1.807) is 0 Å². The normalized spacial score (nSPS) is 16.1. The zero-order chi connectivity index (χ0) is 18.4. The molecule has 0 heterocycles. The van der Waals surface area contributed by atoms with Crippen molar-refractivity contribution in [3.8, 4) is 0 Å². The van der Waals surface area contributed by atoms with Crippen LogP contribution in [0.25, 0.3) is 0 Å². The molecule has 0 aromatic heterocycles. The average Bonchev–Trinajstić information content (AvgIpc) is 2.23. The molecule has 22 heavy (non-hydrogen) atoms. The molecule has 0 aliphatic heterocycles. The monoisotopic (exact) mass is 370 g/mol. The Morgan fingerprint density at radius 1 is 0.364 bits per heavy atom. The van der Waals surface area contributed by atoms with Crippen LogP contribution in [0.1, 0.15) is 0 Å². The largest absolute Gasteiger partial charge is 0.462 e.